The third kappa shape index (κ3) is 7.71. The zero-order valence-corrected chi connectivity index (χ0v) is 15.5. The number of alkyl halides is 3. The zero-order chi connectivity index (χ0) is 17.7. The van der Waals surface area contributed by atoms with Crippen LogP contribution in [0.4, 0.5) is 13.2 Å². The molecule has 2 aromatic carbocycles. The molecular formula is C13H8Cl2F3IO3S. The molecule has 0 aromatic heterocycles. The summed E-state index contributed by atoms with van der Waals surface area (Å²) < 4.78 is 61.5. The van der Waals surface area contributed by atoms with Gasteiger partial charge in [0, 0.05) is 22.2 Å². The molecule has 0 aliphatic heterocycles. The minimum atomic E-state index is -6.09. The lowest BCUT2D eigenvalue weighted by Gasteiger charge is -2.08. The van der Waals surface area contributed by atoms with Gasteiger partial charge in [0.15, 0.2) is 17.3 Å². The van der Waals surface area contributed by atoms with Gasteiger partial charge in [-0.1, -0.05) is 35.3 Å². The average molecular weight is 499 g/mol. The fraction of sp³-hybridized carbons (Fsp3) is 0.0769. The van der Waals surface area contributed by atoms with Crippen molar-refractivity contribution in [3.8, 4) is 0 Å². The number of rotatable bonds is 2. The lowest BCUT2D eigenvalue weighted by atomic mass is 10.4. The molecule has 0 saturated carbocycles. The highest BCUT2D eigenvalue weighted by Gasteiger charge is 2.36. The average Bonchev–Trinajstić information content (AvgIpc) is 2.37. The minimum Gasteiger partial charge on any atom is -0.741 e. The molecule has 0 radical (unpaired) electrons. The Labute approximate surface area is 151 Å². The van der Waals surface area contributed by atoms with Crippen LogP contribution in [-0.2, 0) is 10.1 Å². The Balaban J connectivity index is 0.000000284. The second-order valence-corrected chi connectivity index (χ2v) is 9.15. The van der Waals surface area contributed by atoms with E-state index in [0.717, 1.165) is 10.0 Å². The molecule has 0 heterocycles. The van der Waals surface area contributed by atoms with Crippen LogP contribution in [0.5, 0.6) is 0 Å². The van der Waals surface area contributed by atoms with E-state index < -0.39 is 15.6 Å². The van der Waals surface area contributed by atoms with E-state index in [1.165, 1.54) is 7.14 Å². The molecule has 0 N–H and O–H groups in total. The fourth-order valence-corrected chi connectivity index (χ4v) is 4.39. The molecule has 2 aromatic rings. The third-order valence-electron chi connectivity index (χ3n) is 2.08. The fourth-order valence-electron chi connectivity index (χ4n) is 1.16. The summed E-state index contributed by atoms with van der Waals surface area (Å²) in [5.41, 5.74) is -5.65. The van der Waals surface area contributed by atoms with Crippen LogP contribution >= 0.6 is 23.2 Å². The molecule has 10 heteroatoms. The van der Waals surface area contributed by atoms with Crippen LogP contribution in [0.2, 0.25) is 10.0 Å². The summed E-state index contributed by atoms with van der Waals surface area (Å²) in [6, 6.07) is 16.0. The smallest absolute Gasteiger partial charge is 0.485 e. The van der Waals surface area contributed by atoms with Gasteiger partial charge in [0.2, 0.25) is 0 Å². The summed E-state index contributed by atoms with van der Waals surface area (Å²) in [4.78, 5) is 0. The summed E-state index contributed by atoms with van der Waals surface area (Å²) in [6.45, 7) is 0. The van der Waals surface area contributed by atoms with Crippen molar-refractivity contribution in [3.05, 3.63) is 65.7 Å². The molecule has 2 rings (SSSR count). The van der Waals surface area contributed by atoms with Crippen LogP contribution < -0.4 is 21.2 Å². The molecule has 0 atom stereocenters. The Morgan fingerprint density at radius 1 is 0.913 bits per heavy atom. The first-order valence-electron chi connectivity index (χ1n) is 5.67. The van der Waals surface area contributed by atoms with Gasteiger partial charge >= 0.3 is 26.7 Å². The monoisotopic (exact) mass is 498 g/mol. The molecule has 0 amide bonds. The maximum Gasteiger partial charge on any atom is 0.485 e. The standard InChI is InChI=1S/C12H8Cl2I.CHF3O3S/c13-9-3-1-5-11(7-9)15-12-6-2-4-10(14)8-12;2-1(3,4)8(5,6)7/h1-8H;(H,5,6,7)/q+1;/p-1. The van der Waals surface area contributed by atoms with E-state index in [9.17, 15) is 13.2 Å². The summed E-state index contributed by atoms with van der Waals surface area (Å²) in [5.74, 6) is 0. The van der Waals surface area contributed by atoms with Gasteiger partial charge in [0.1, 0.15) is 0 Å². The van der Waals surface area contributed by atoms with Crippen LogP contribution in [0.1, 0.15) is 0 Å². The maximum absolute atomic E-state index is 10.7. The van der Waals surface area contributed by atoms with Gasteiger partial charge in [0.25, 0.3) is 0 Å². The molecule has 0 fully saturated rings. The molecule has 0 aliphatic rings. The molecule has 0 aliphatic carbocycles. The molecule has 23 heavy (non-hydrogen) atoms. The predicted molar refractivity (Wildman–Crippen MR) is 76.1 cm³/mol. The maximum atomic E-state index is 10.7. The van der Waals surface area contributed by atoms with Crippen LogP contribution in [-0.4, -0.2) is 18.5 Å². The van der Waals surface area contributed by atoms with E-state index in [4.69, 9.17) is 36.2 Å². The lowest BCUT2D eigenvalue weighted by molar-refractivity contribution is -0.597. The van der Waals surface area contributed by atoms with Crippen LogP contribution in [0.15, 0.2) is 48.5 Å². The van der Waals surface area contributed by atoms with Gasteiger partial charge in [0.05, 0.1) is 0 Å². The van der Waals surface area contributed by atoms with Gasteiger partial charge in [-0.25, -0.2) is 8.42 Å². The number of hydrogen-bond acceptors (Lipinski definition) is 3. The number of halogens is 6. The topological polar surface area (TPSA) is 57.2 Å². The highest BCUT2D eigenvalue weighted by molar-refractivity contribution is 7.86. The van der Waals surface area contributed by atoms with Crippen molar-refractivity contribution in [1.29, 1.82) is 0 Å². The quantitative estimate of drug-likeness (QED) is 0.355. The molecule has 126 valence electrons. The zero-order valence-electron chi connectivity index (χ0n) is 11.0. The summed E-state index contributed by atoms with van der Waals surface area (Å²) in [7, 11) is -6.09. The minimum absolute atomic E-state index is 0.174. The SMILES string of the molecule is Clc1cccc([I+]c2cccc(Cl)c2)c1.O=S(=O)([O-])C(F)(F)F. The molecule has 0 saturated heterocycles. The summed E-state index contributed by atoms with van der Waals surface area (Å²) in [5, 5.41) is 1.60. The van der Waals surface area contributed by atoms with E-state index >= 15 is 0 Å². The number of hydrogen-bond donors (Lipinski definition) is 0. The molecular weight excluding hydrogens is 491 g/mol. The first kappa shape index (κ1) is 20.5. The van der Waals surface area contributed by atoms with Gasteiger partial charge in [-0.3, -0.25) is 0 Å². The number of benzene rings is 2. The molecule has 3 nitrogen and oxygen atoms in total. The van der Waals surface area contributed by atoms with Crippen LogP contribution in [0, 0.1) is 7.14 Å². The highest BCUT2D eigenvalue weighted by atomic mass is 127. The largest absolute Gasteiger partial charge is 0.741 e. The second-order valence-electron chi connectivity index (χ2n) is 3.87. The van der Waals surface area contributed by atoms with Gasteiger partial charge < -0.3 is 4.55 Å². The van der Waals surface area contributed by atoms with Crippen molar-refractivity contribution < 1.29 is 47.3 Å². The van der Waals surface area contributed by atoms with E-state index in [1.807, 2.05) is 36.4 Å². The second kappa shape index (κ2) is 8.52. The Bertz CT molecular complexity index is 724. The molecule has 0 bridgehead atoms. The van der Waals surface area contributed by atoms with Crippen molar-refractivity contribution in [2.75, 3.05) is 0 Å². The van der Waals surface area contributed by atoms with Gasteiger partial charge in [-0.2, -0.15) is 13.2 Å². The first-order chi connectivity index (χ1) is 10.5. The predicted octanol–water partition coefficient (Wildman–Crippen LogP) is 1.17. The van der Waals surface area contributed by atoms with E-state index in [0.29, 0.717) is 0 Å². The van der Waals surface area contributed by atoms with Crippen molar-refractivity contribution in [1.82, 2.24) is 0 Å². The van der Waals surface area contributed by atoms with E-state index in [1.54, 1.807) is 0 Å². The van der Waals surface area contributed by atoms with Gasteiger partial charge in [-0.05, 0) is 24.3 Å². The first-order valence-corrected chi connectivity index (χ1v) is 9.99. The van der Waals surface area contributed by atoms with Crippen molar-refractivity contribution in [3.63, 3.8) is 0 Å². The Morgan fingerprint density at radius 2 is 1.26 bits per heavy atom. The van der Waals surface area contributed by atoms with Crippen LogP contribution in [0.25, 0.3) is 0 Å². The lowest BCUT2D eigenvalue weighted by Crippen LogP contribution is -3.61. The van der Waals surface area contributed by atoms with Gasteiger partial charge in [-0.15, -0.1) is 0 Å². The van der Waals surface area contributed by atoms with E-state index in [-0.39, 0.29) is 21.2 Å². The summed E-state index contributed by atoms with van der Waals surface area (Å²) >= 11 is 11.7. The Hall–Kier alpha value is -0.550. The van der Waals surface area contributed by atoms with Crippen molar-refractivity contribution in [2.24, 2.45) is 0 Å². The van der Waals surface area contributed by atoms with E-state index in [2.05, 4.69) is 12.1 Å². The van der Waals surface area contributed by atoms with Crippen molar-refractivity contribution in [2.45, 2.75) is 5.51 Å². The molecule has 0 spiro atoms. The summed E-state index contributed by atoms with van der Waals surface area (Å²) in [6.07, 6.45) is 0. The normalized spacial score (nSPS) is 11.6. The highest BCUT2D eigenvalue weighted by Crippen LogP contribution is 2.20. The Kier molecular flexibility index (Phi) is 7.59. The Morgan fingerprint density at radius 3 is 1.52 bits per heavy atom. The molecule has 0 unspecified atom stereocenters. The van der Waals surface area contributed by atoms with Crippen LogP contribution in [0.3, 0.4) is 0 Å². The third-order valence-corrected chi connectivity index (χ3v) is 5.70. The van der Waals surface area contributed by atoms with Crippen molar-refractivity contribution >= 4 is 33.3 Å².